The Balaban J connectivity index is 2.26. The summed E-state index contributed by atoms with van der Waals surface area (Å²) in [4.78, 5) is 0. The maximum atomic E-state index is 4.33. The molecule has 1 aromatic rings. The molecular weight excluding hydrogens is 188 g/mol. The van der Waals surface area contributed by atoms with E-state index in [1.807, 2.05) is 6.92 Å². The molecule has 0 unspecified atom stereocenters. The van der Waals surface area contributed by atoms with E-state index in [9.17, 15) is 0 Å². The molecule has 0 bridgehead atoms. The van der Waals surface area contributed by atoms with E-state index in [0.29, 0.717) is 12.0 Å². The summed E-state index contributed by atoms with van der Waals surface area (Å²) in [6.45, 7) is 8.61. The Labute approximate surface area is 91.1 Å². The predicted octanol–water partition coefficient (Wildman–Crippen LogP) is 1.63. The van der Waals surface area contributed by atoms with Gasteiger partial charge in [0.15, 0.2) is 0 Å². The molecule has 0 saturated carbocycles. The predicted molar refractivity (Wildman–Crippen MR) is 60.0 cm³/mol. The quantitative estimate of drug-likeness (QED) is 0.803. The largest absolute Gasteiger partial charge is 0.316 e. The molecule has 1 N–H and O–H groups in total. The van der Waals surface area contributed by atoms with Crippen LogP contribution in [0.5, 0.6) is 0 Å². The summed E-state index contributed by atoms with van der Waals surface area (Å²) >= 11 is 0. The average Bonchev–Trinajstić information content (AvgIpc) is 2.61. The smallest absolute Gasteiger partial charge is 0.137 e. The number of hydrogen-bond acceptors (Lipinski definition) is 3. The summed E-state index contributed by atoms with van der Waals surface area (Å²) in [6, 6.07) is 0.455. The minimum atomic E-state index is 0.455. The number of hydrogen-bond donors (Lipinski definition) is 1. The summed E-state index contributed by atoms with van der Waals surface area (Å²) in [5, 5.41) is 12.0. The van der Waals surface area contributed by atoms with Crippen LogP contribution in [0.25, 0.3) is 0 Å². The van der Waals surface area contributed by atoms with E-state index in [-0.39, 0.29) is 0 Å². The lowest BCUT2D eigenvalue weighted by Gasteiger charge is -2.24. The third kappa shape index (κ3) is 2.04. The lowest BCUT2D eigenvalue weighted by atomic mass is 9.98. The monoisotopic (exact) mass is 208 g/mol. The third-order valence-corrected chi connectivity index (χ3v) is 3.07. The number of aromatic nitrogens is 3. The molecule has 0 radical (unpaired) electrons. The Hall–Kier alpha value is -0.900. The SMILES string of the molecule is Cc1nnc([C@@H]2CCCNC2)n1C(C)C. The number of piperidine rings is 1. The first-order valence-corrected chi connectivity index (χ1v) is 5.82. The summed E-state index contributed by atoms with van der Waals surface area (Å²) in [7, 11) is 0. The third-order valence-electron chi connectivity index (χ3n) is 3.07. The van der Waals surface area contributed by atoms with Gasteiger partial charge < -0.3 is 9.88 Å². The van der Waals surface area contributed by atoms with Crippen molar-refractivity contribution in [3.63, 3.8) is 0 Å². The van der Waals surface area contributed by atoms with Crippen molar-refractivity contribution in [3.05, 3.63) is 11.6 Å². The number of aryl methyl sites for hydroxylation is 1. The lowest BCUT2D eigenvalue weighted by Crippen LogP contribution is -2.30. The number of rotatable bonds is 2. The Kier molecular flexibility index (Phi) is 3.05. The normalized spacial score (nSPS) is 22.3. The van der Waals surface area contributed by atoms with Crippen LogP contribution in [-0.2, 0) is 0 Å². The van der Waals surface area contributed by atoms with Crippen LogP contribution in [0, 0.1) is 6.92 Å². The Bertz CT molecular complexity index is 323. The second-order valence-corrected chi connectivity index (χ2v) is 4.61. The first-order chi connectivity index (χ1) is 7.20. The van der Waals surface area contributed by atoms with E-state index in [1.54, 1.807) is 0 Å². The van der Waals surface area contributed by atoms with Gasteiger partial charge in [0.25, 0.3) is 0 Å². The minimum Gasteiger partial charge on any atom is -0.316 e. The highest BCUT2D eigenvalue weighted by Gasteiger charge is 2.22. The zero-order chi connectivity index (χ0) is 10.8. The van der Waals surface area contributed by atoms with Crippen LogP contribution in [0.1, 0.15) is 50.3 Å². The molecule has 2 heterocycles. The van der Waals surface area contributed by atoms with Crippen molar-refractivity contribution in [3.8, 4) is 0 Å². The molecule has 4 heteroatoms. The molecule has 1 fully saturated rings. The highest BCUT2D eigenvalue weighted by atomic mass is 15.3. The van der Waals surface area contributed by atoms with Crippen molar-refractivity contribution < 1.29 is 0 Å². The molecule has 1 aliphatic rings. The van der Waals surface area contributed by atoms with Gasteiger partial charge in [-0.15, -0.1) is 10.2 Å². The van der Waals surface area contributed by atoms with Gasteiger partial charge in [0.05, 0.1) is 0 Å². The second-order valence-electron chi connectivity index (χ2n) is 4.61. The zero-order valence-electron chi connectivity index (χ0n) is 9.82. The summed E-state index contributed by atoms with van der Waals surface area (Å²) in [6.07, 6.45) is 2.48. The van der Waals surface area contributed by atoms with Gasteiger partial charge in [-0.3, -0.25) is 0 Å². The van der Waals surface area contributed by atoms with Crippen LogP contribution in [0.2, 0.25) is 0 Å². The van der Waals surface area contributed by atoms with Gasteiger partial charge in [-0.25, -0.2) is 0 Å². The molecule has 0 aliphatic carbocycles. The van der Waals surface area contributed by atoms with Crippen molar-refractivity contribution in [1.82, 2.24) is 20.1 Å². The molecule has 15 heavy (non-hydrogen) atoms. The molecular formula is C11H20N4. The molecule has 0 aromatic carbocycles. The maximum absolute atomic E-state index is 4.33. The van der Waals surface area contributed by atoms with Gasteiger partial charge in [0, 0.05) is 18.5 Å². The summed E-state index contributed by atoms with van der Waals surface area (Å²) in [5.41, 5.74) is 0. The van der Waals surface area contributed by atoms with E-state index in [4.69, 9.17) is 0 Å². The number of nitrogens with one attached hydrogen (secondary N) is 1. The van der Waals surface area contributed by atoms with Crippen LogP contribution in [-0.4, -0.2) is 27.9 Å². The van der Waals surface area contributed by atoms with Crippen LogP contribution < -0.4 is 5.32 Å². The zero-order valence-corrected chi connectivity index (χ0v) is 9.82. The van der Waals surface area contributed by atoms with Crippen LogP contribution >= 0.6 is 0 Å². The molecule has 84 valence electrons. The van der Waals surface area contributed by atoms with Crippen molar-refractivity contribution in [2.75, 3.05) is 13.1 Å². The summed E-state index contributed by atoms with van der Waals surface area (Å²) in [5.74, 6) is 2.74. The molecule has 1 aliphatic heterocycles. The first-order valence-electron chi connectivity index (χ1n) is 5.82. The Morgan fingerprint density at radius 3 is 2.80 bits per heavy atom. The molecule has 1 atom stereocenters. The van der Waals surface area contributed by atoms with Crippen LogP contribution in [0.15, 0.2) is 0 Å². The van der Waals surface area contributed by atoms with Crippen LogP contribution in [0.3, 0.4) is 0 Å². The van der Waals surface area contributed by atoms with E-state index in [0.717, 1.165) is 24.7 Å². The fourth-order valence-electron chi connectivity index (χ4n) is 2.37. The number of nitrogens with zero attached hydrogens (tertiary/aromatic N) is 3. The van der Waals surface area contributed by atoms with Gasteiger partial charge in [-0.2, -0.15) is 0 Å². The molecule has 1 aromatic heterocycles. The molecule has 1 saturated heterocycles. The fraction of sp³-hybridized carbons (Fsp3) is 0.818. The average molecular weight is 208 g/mol. The van der Waals surface area contributed by atoms with Crippen molar-refractivity contribution in [2.24, 2.45) is 0 Å². The first kappa shape index (κ1) is 10.6. The van der Waals surface area contributed by atoms with Crippen molar-refractivity contribution in [2.45, 2.75) is 45.6 Å². The maximum Gasteiger partial charge on any atom is 0.137 e. The van der Waals surface area contributed by atoms with Crippen molar-refractivity contribution in [1.29, 1.82) is 0 Å². The van der Waals surface area contributed by atoms with Gasteiger partial charge >= 0.3 is 0 Å². The molecule has 0 spiro atoms. The summed E-state index contributed by atoms with van der Waals surface area (Å²) < 4.78 is 2.26. The van der Waals surface area contributed by atoms with Crippen molar-refractivity contribution >= 4 is 0 Å². The van der Waals surface area contributed by atoms with E-state index in [1.165, 1.54) is 12.8 Å². The van der Waals surface area contributed by atoms with Gasteiger partial charge in [-0.1, -0.05) is 0 Å². The topological polar surface area (TPSA) is 42.7 Å². The standard InChI is InChI=1S/C11H20N4/c1-8(2)15-9(3)13-14-11(15)10-5-4-6-12-7-10/h8,10,12H,4-7H2,1-3H3/t10-/m1/s1. The van der Waals surface area contributed by atoms with E-state index >= 15 is 0 Å². The second kappa shape index (κ2) is 4.31. The van der Waals surface area contributed by atoms with E-state index < -0.39 is 0 Å². The Morgan fingerprint density at radius 2 is 2.20 bits per heavy atom. The fourth-order valence-corrected chi connectivity index (χ4v) is 2.37. The lowest BCUT2D eigenvalue weighted by molar-refractivity contribution is 0.420. The highest BCUT2D eigenvalue weighted by Crippen LogP contribution is 2.24. The minimum absolute atomic E-state index is 0.455. The van der Waals surface area contributed by atoms with Gasteiger partial charge in [-0.05, 0) is 40.2 Å². The molecule has 4 nitrogen and oxygen atoms in total. The Morgan fingerprint density at radius 1 is 1.40 bits per heavy atom. The van der Waals surface area contributed by atoms with Gasteiger partial charge in [0.1, 0.15) is 11.6 Å². The van der Waals surface area contributed by atoms with Crippen LogP contribution in [0.4, 0.5) is 0 Å². The highest BCUT2D eigenvalue weighted by molar-refractivity contribution is 5.04. The molecule has 2 rings (SSSR count). The molecule has 0 amide bonds. The van der Waals surface area contributed by atoms with E-state index in [2.05, 4.69) is 33.9 Å². The van der Waals surface area contributed by atoms with Gasteiger partial charge in [0.2, 0.25) is 0 Å².